The molecule has 84 valence electrons. The summed E-state index contributed by atoms with van der Waals surface area (Å²) in [6.07, 6.45) is 2.06. The molecular weight excluding hydrogens is 220 g/mol. The predicted molar refractivity (Wildman–Crippen MR) is 67.8 cm³/mol. The van der Waals surface area contributed by atoms with Crippen molar-refractivity contribution in [2.45, 2.75) is 4.90 Å². The van der Waals surface area contributed by atoms with E-state index in [0.717, 1.165) is 17.3 Å². The van der Waals surface area contributed by atoms with Crippen LogP contribution in [0, 0.1) is 0 Å². The molecule has 4 nitrogen and oxygen atoms in total. The quantitative estimate of drug-likeness (QED) is 0.827. The number of rotatable bonds is 3. The molecule has 0 amide bonds. The van der Waals surface area contributed by atoms with Crippen LogP contribution in [0.2, 0.25) is 0 Å². The number of anilines is 1. The van der Waals surface area contributed by atoms with Gasteiger partial charge in [-0.15, -0.1) is 22.0 Å². The minimum absolute atomic E-state index is 0.769. The molecule has 0 fully saturated rings. The number of benzene rings is 1. The molecule has 0 aliphatic rings. The highest BCUT2D eigenvalue weighted by molar-refractivity contribution is 7.98. The van der Waals surface area contributed by atoms with Crippen LogP contribution in [0.4, 0.5) is 5.95 Å². The Kier molecular flexibility index (Phi) is 3.14. The molecule has 5 heteroatoms. The summed E-state index contributed by atoms with van der Waals surface area (Å²) < 4.78 is 1.95. The largest absolute Gasteiger partial charge is 0.357 e. The highest BCUT2D eigenvalue weighted by atomic mass is 32.2. The molecule has 0 radical (unpaired) electrons. The van der Waals surface area contributed by atoms with E-state index in [4.69, 9.17) is 0 Å². The Balaban J connectivity index is 2.54. The Morgan fingerprint density at radius 2 is 2.00 bits per heavy atom. The lowest BCUT2D eigenvalue weighted by Crippen LogP contribution is -2.00. The topological polar surface area (TPSA) is 42.7 Å². The van der Waals surface area contributed by atoms with Gasteiger partial charge in [-0.1, -0.05) is 18.2 Å². The van der Waals surface area contributed by atoms with Crippen LogP contribution in [0.5, 0.6) is 0 Å². The predicted octanol–water partition coefficient (Wildman–Crippen LogP) is 2.25. The molecule has 1 N–H and O–H groups in total. The average Bonchev–Trinajstić information content (AvgIpc) is 2.70. The van der Waals surface area contributed by atoms with Gasteiger partial charge >= 0.3 is 0 Å². The summed E-state index contributed by atoms with van der Waals surface area (Å²) in [5.41, 5.74) is 1.12. The molecule has 0 saturated carbocycles. The van der Waals surface area contributed by atoms with Gasteiger partial charge in [-0.3, -0.25) is 4.57 Å². The highest BCUT2D eigenvalue weighted by Crippen LogP contribution is 2.29. The van der Waals surface area contributed by atoms with E-state index < -0.39 is 0 Å². The lowest BCUT2D eigenvalue weighted by Gasteiger charge is -2.06. The van der Waals surface area contributed by atoms with Crippen molar-refractivity contribution < 1.29 is 0 Å². The summed E-state index contributed by atoms with van der Waals surface area (Å²) in [5.74, 6) is 1.65. The van der Waals surface area contributed by atoms with Crippen LogP contribution < -0.4 is 5.32 Å². The first-order valence-electron chi connectivity index (χ1n) is 4.98. The molecule has 0 aliphatic carbocycles. The van der Waals surface area contributed by atoms with Gasteiger partial charge in [0.15, 0.2) is 5.82 Å². The molecule has 0 bridgehead atoms. The lowest BCUT2D eigenvalue weighted by atomic mass is 10.2. The third-order valence-corrected chi connectivity index (χ3v) is 3.24. The zero-order valence-corrected chi connectivity index (χ0v) is 10.4. The Hall–Kier alpha value is -1.49. The molecule has 0 unspecified atom stereocenters. The number of hydrogen-bond donors (Lipinski definition) is 1. The van der Waals surface area contributed by atoms with Crippen LogP contribution in [-0.2, 0) is 7.05 Å². The summed E-state index contributed by atoms with van der Waals surface area (Å²) in [7, 11) is 3.80. The van der Waals surface area contributed by atoms with Gasteiger partial charge in [0.2, 0.25) is 5.95 Å². The third kappa shape index (κ3) is 1.78. The van der Waals surface area contributed by atoms with Crippen LogP contribution in [0.15, 0.2) is 29.2 Å². The highest BCUT2D eigenvalue weighted by Gasteiger charge is 2.12. The molecule has 0 spiro atoms. The first-order valence-corrected chi connectivity index (χ1v) is 6.21. The van der Waals surface area contributed by atoms with Gasteiger partial charge < -0.3 is 5.32 Å². The van der Waals surface area contributed by atoms with E-state index in [1.54, 1.807) is 11.8 Å². The van der Waals surface area contributed by atoms with Gasteiger partial charge in [-0.05, 0) is 12.3 Å². The average molecular weight is 234 g/mol. The number of hydrogen-bond acceptors (Lipinski definition) is 4. The minimum Gasteiger partial charge on any atom is -0.357 e. The maximum atomic E-state index is 4.20. The van der Waals surface area contributed by atoms with E-state index >= 15 is 0 Å². The van der Waals surface area contributed by atoms with E-state index in [1.807, 2.05) is 30.8 Å². The Morgan fingerprint density at radius 1 is 1.25 bits per heavy atom. The molecule has 16 heavy (non-hydrogen) atoms. The Bertz CT molecular complexity index is 492. The molecule has 1 aromatic carbocycles. The van der Waals surface area contributed by atoms with Crippen molar-refractivity contribution in [3.05, 3.63) is 24.3 Å². The van der Waals surface area contributed by atoms with Crippen molar-refractivity contribution in [1.29, 1.82) is 0 Å². The standard InChI is InChI=1S/C11H14N4S/c1-12-11-14-13-10(15(11)2)8-6-4-5-7-9(8)16-3/h4-7H,1-3H3,(H,12,14). The summed E-state index contributed by atoms with van der Waals surface area (Å²) in [6, 6.07) is 8.20. The van der Waals surface area contributed by atoms with E-state index in [1.165, 1.54) is 4.90 Å². The van der Waals surface area contributed by atoms with Crippen LogP contribution in [0.1, 0.15) is 0 Å². The number of nitrogens with one attached hydrogen (secondary N) is 1. The van der Waals surface area contributed by atoms with Crippen molar-refractivity contribution in [2.75, 3.05) is 18.6 Å². The monoisotopic (exact) mass is 234 g/mol. The lowest BCUT2D eigenvalue weighted by molar-refractivity contribution is 0.922. The van der Waals surface area contributed by atoms with E-state index in [-0.39, 0.29) is 0 Å². The zero-order valence-electron chi connectivity index (χ0n) is 9.56. The second-order valence-corrected chi connectivity index (χ2v) is 4.20. The van der Waals surface area contributed by atoms with Gasteiger partial charge in [-0.25, -0.2) is 0 Å². The number of nitrogens with zero attached hydrogens (tertiary/aromatic N) is 3. The smallest absolute Gasteiger partial charge is 0.224 e. The second kappa shape index (κ2) is 4.57. The SMILES string of the molecule is CNc1nnc(-c2ccccc2SC)n1C. The molecule has 1 aromatic heterocycles. The fraction of sp³-hybridized carbons (Fsp3) is 0.273. The normalized spacial score (nSPS) is 10.4. The van der Waals surface area contributed by atoms with Crippen molar-refractivity contribution in [1.82, 2.24) is 14.8 Å². The van der Waals surface area contributed by atoms with Crippen molar-refractivity contribution >= 4 is 17.7 Å². The van der Waals surface area contributed by atoms with Crippen molar-refractivity contribution in [2.24, 2.45) is 7.05 Å². The molecule has 0 aliphatic heterocycles. The molecule has 2 rings (SSSR count). The molecule has 0 saturated heterocycles. The zero-order chi connectivity index (χ0) is 11.5. The van der Waals surface area contributed by atoms with Gasteiger partial charge in [0.1, 0.15) is 0 Å². The maximum Gasteiger partial charge on any atom is 0.224 e. The Labute approximate surface area is 99.1 Å². The van der Waals surface area contributed by atoms with Crippen LogP contribution >= 0.6 is 11.8 Å². The Morgan fingerprint density at radius 3 is 2.62 bits per heavy atom. The third-order valence-electron chi connectivity index (χ3n) is 2.45. The fourth-order valence-corrected chi connectivity index (χ4v) is 2.20. The first kappa shape index (κ1) is 11.0. The van der Waals surface area contributed by atoms with Gasteiger partial charge in [0.05, 0.1) is 0 Å². The number of thioether (sulfide) groups is 1. The van der Waals surface area contributed by atoms with Gasteiger partial charge in [0.25, 0.3) is 0 Å². The van der Waals surface area contributed by atoms with Crippen LogP contribution in [0.25, 0.3) is 11.4 Å². The van der Waals surface area contributed by atoms with Crippen molar-refractivity contribution in [3.63, 3.8) is 0 Å². The van der Waals surface area contributed by atoms with E-state index in [0.29, 0.717) is 0 Å². The fourth-order valence-electron chi connectivity index (χ4n) is 1.61. The summed E-state index contributed by atoms with van der Waals surface area (Å²) in [6.45, 7) is 0. The van der Waals surface area contributed by atoms with E-state index in [2.05, 4.69) is 33.9 Å². The van der Waals surface area contributed by atoms with Crippen LogP contribution in [0.3, 0.4) is 0 Å². The molecular formula is C11H14N4S. The molecule has 1 heterocycles. The minimum atomic E-state index is 0.769. The first-order chi connectivity index (χ1) is 7.77. The number of aromatic nitrogens is 3. The van der Waals surface area contributed by atoms with Crippen LogP contribution in [-0.4, -0.2) is 28.1 Å². The van der Waals surface area contributed by atoms with E-state index in [9.17, 15) is 0 Å². The molecule has 2 aromatic rings. The van der Waals surface area contributed by atoms with Gasteiger partial charge in [-0.2, -0.15) is 0 Å². The summed E-state index contributed by atoms with van der Waals surface area (Å²) >= 11 is 1.71. The molecule has 0 atom stereocenters. The summed E-state index contributed by atoms with van der Waals surface area (Å²) in [5, 5.41) is 11.3. The van der Waals surface area contributed by atoms with Crippen molar-refractivity contribution in [3.8, 4) is 11.4 Å². The summed E-state index contributed by atoms with van der Waals surface area (Å²) in [4.78, 5) is 1.21. The van der Waals surface area contributed by atoms with Gasteiger partial charge in [0, 0.05) is 24.6 Å². The maximum absolute atomic E-state index is 4.20. The second-order valence-electron chi connectivity index (χ2n) is 3.36.